The monoisotopic (exact) mass is 383 g/mol. The Labute approximate surface area is 161 Å². The van der Waals surface area contributed by atoms with Crippen LogP contribution in [0.3, 0.4) is 0 Å². The molecule has 0 aliphatic rings. The Morgan fingerprint density at radius 2 is 2.00 bits per heavy atom. The first-order valence-corrected chi connectivity index (χ1v) is 9.00. The molecular weight excluding hydrogens is 362 g/mol. The number of aromatic nitrogens is 3. The summed E-state index contributed by atoms with van der Waals surface area (Å²) in [6.07, 6.45) is 2.45. The molecule has 3 rings (SSSR count). The Morgan fingerprint density at radius 1 is 1.26 bits per heavy atom. The number of benzene rings is 2. The van der Waals surface area contributed by atoms with Gasteiger partial charge in [-0.3, -0.25) is 9.67 Å². The van der Waals surface area contributed by atoms with E-state index < -0.39 is 6.10 Å². The fourth-order valence-corrected chi connectivity index (χ4v) is 3.16. The zero-order valence-electron chi connectivity index (χ0n) is 14.8. The smallest absolute Gasteiger partial charge is 0.200 e. The minimum atomic E-state index is -0.809. The van der Waals surface area contributed by atoms with Crippen molar-refractivity contribution in [3.63, 3.8) is 0 Å². The summed E-state index contributed by atoms with van der Waals surface area (Å²) in [5, 5.41) is 38.5. The summed E-state index contributed by atoms with van der Waals surface area (Å²) in [4.78, 5) is 0. The molecule has 0 aliphatic heterocycles. The van der Waals surface area contributed by atoms with E-state index in [-0.39, 0.29) is 18.8 Å². The van der Waals surface area contributed by atoms with Crippen molar-refractivity contribution in [3.8, 4) is 5.69 Å². The maximum absolute atomic E-state index is 10.5. The number of hydrogen-bond donors (Lipinski definition) is 4. The van der Waals surface area contributed by atoms with Crippen molar-refractivity contribution >= 4 is 28.6 Å². The van der Waals surface area contributed by atoms with Gasteiger partial charge in [-0.05, 0) is 49.2 Å². The summed E-state index contributed by atoms with van der Waals surface area (Å²) in [5.74, 6) is 0.296. The average molecular weight is 383 g/mol. The second kappa shape index (κ2) is 8.30. The largest absolute Gasteiger partial charge is 0.508 e. The number of nitrogens with zero attached hydrogens (tertiary/aromatic N) is 2. The molecule has 3 aromatic rings. The molecule has 0 saturated heterocycles. The minimum absolute atomic E-state index is 0.0829. The molecular formula is C20H21N3O3S. The molecule has 0 spiro atoms. The molecule has 0 aliphatic carbocycles. The van der Waals surface area contributed by atoms with Gasteiger partial charge in [-0.1, -0.05) is 36.4 Å². The SMILES string of the molecule is CC(O)/C=C(\C(O)=C/CCO)c1n[nH]c(=S)n1-c1cccc2ccccc12. The van der Waals surface area contributed by atoms with Crippen LogP contribution in [0.4, 0.5) is 0 Å². The van der Waals surface area contributed by atoms with Gasteiger partial charge in [-0.25, -0.2) is 0 Å². The maximum Gasteiger partial charge on any atom is 0.200 e. The summed E-state index contributed by atoms with van der Waals surface area (Å²) in [6, 6.07) is 13.8. The van der Waals surface area contributed by atoms with E-state index in [2.05, 4.69) is 10.2 Å². The molecule has 6 nitrogen and oxygen atoms in total. The van der Waals surface area contributed by atoms with Gasteiger partial charge in [0.1, 0.15) is 5.76 Å². The molecule has 1 aromatic heterocycles. The zero-order valence-corrected chi connectivity index (χ0v) is 15.6. The molecule has 4 N–H and O–H groups in total. The van der Waals surface area contributed by atoms with Gasteiger partial charge in [0.05, 0.1) is 17.4 Å². The quantitative estimate of drug-likeness (QED) is 0.296. The molecule has 1 unspecified atom stereocenters. The van der Waals surface area contributed by atoms with Crippen LogP contribution in [0.1, 0.15) is 19.2 Å². The van der Waals surface area contributed by atoms with Crippen molar-refractivity contribution in [1.29, 1.82) is 0 Å². The van der Waals surface area contributed by atoms with Gasteiger partial charge in [-0.15, -0.1) is 0 Å². The number of allylic oxidation sites excluding steroid dienone is 1. The number of aliphatic hydroxyl groups is 3. The topological polar surface area (TPSA) is 94.3 Å². The van der Waals surface area contributed by atoms with E-state index in [1.165, 1.54) is 12.2 Å². The van der Waals surface area contributed by atoms with Gasteiger partial charge in [0.15, 0.2) is 10.6 Å². The fraction of sp³-hybridized carbons (Fsp3) is 0.200. The predicted molar refractivity (Wildman–Crippen MR) is 108 cm³/mol. The van der Waals surface area contributed by atoms with Crippen molar-refractivity contribution in [3.05, 3.63) is 71.0 Å². The van der Waals surface area contributed by atoms with Gasteiger partial charge in [-0.2, -0.15) is 5.10 Å². The van der Waals surface area contributed by atoms with E-state index in [1.54, 1.807) is 11.5 Å². The molecule has 7 heteroatoms. The lowest BCUT2D eigenvalue weighted by Crippen LogP contribution is -2.06. The van der Waals surface area contributed by atoms with Gasteiger partial charge < -0.3 is 15.3 Å². The third-order valence-electron chi connectivity index (χ3n) is 4.07. The van der Waals surface area contributed by atoms with Crippen LogP contribution in [0.25, 0.3) is 22.0 Å². The minimum Gasteiger partial charge on any atom is -0.508 e. The Kier molecular flexibility index (Phi) is 5.85. The van der Waals surface area contributed by atoms with Crippen LogP contribution >= 0.6 is 12.2 Å². The zero-order chi connectivity index (χ0) is 19.4. The Balaban J connectivity index is 2.25. The van der Waals surface area contributed by atoms with E-state index in [1.807, 2.05) is 42.5 Å². The summed E-state index contributed by atoms with van der Waals surface area (Å²) in [6.45, 7) is 1.49. The van der Waals surface area contributed by atoms with Crippen molar-refractivity contribution in [2.24, 2.45) is 0 Å². The van der Waals surface area contributed by atoms with Crippen molar-refractivity contribution in [2.45, 2.75) is 19.4 Å². The van der Waals surface area contributed by atoms with E-state index >= 15 is 0 Å². The fourth-order valence-electron chi connectivity index (χ4n) is 2.93. The van der Waals surface area contributed by atoms with E-state index in [0.717, 1.165) is 16.5 Å². The van der Waals surface area contributed by atoms with Crippen LogP contribution in [0.15, 0.2) is 60.4 Å². The third-order valence-corrected chi connectivity index (χ3v) is 4.35. The molecule has 0 radical (unpaired) electrons. The first-order chi connectivity index (χ1) is 13.0. The van der Waals surface area contributed by atoms with Crippen LogP contribution in [0.5, 0.6) is 0 Å². The van der Waals surface area contributed by atoms with Crippen molar-refractivity contribution in [2.75, 3.05) is 6.61 Å². The van der Waals surface area contributed by atoms with Crippen LogP contribution in [-0.2, 0) is 0 Å². The van der Waals surface area contributed by atoms with E-state index in [0.29, 0.717) is 16.2 Å². The van der Waals surface area contributed by atoms with E-state index in [9.17, 15) is 10.2 Å². The van der Waals surface area contributed by atoms with Crippen LogP contribution in [-0.4, -0.2) is 42.8 Å². The lowest BCUT2D eigenvalue weighted by Gasteiger charge is -2.13. The second-order valence-corrected chi connectivity index (χ2v) is 6.50. The predicted octanol–water partition coefficient (Wildman–Crippen LogP) is 3.67. The first-order valence-electron chi connectivity index (χ1n) is 8.59. The number of rotatable bonds is 6. The Morgan fingerprint density at radius 3 is 2.74 bits per heavy atom. The number of aromatic amines is 1. The number of aliphatic hydroxyl groups excluding tert-OH is 3. The summed E-state index contributed by atoms with van der Waals surface area (Å²) < 4.78 is 2.10. The molecule has 27 heavy (non-hydrogen) atoms. The maximum atomic E-state index is 10.5. The van der Waals surface area contributed by atoms with E-state index in [4.69, 9.17) is 17.3 Å². The van der Waals surface area contributed by atoms with Crippen molar-refractivity contribution < 1.29 is 15.3 Å². The van der Waals surface area contributed by atoms with Gasteiger partial charge in [0, 0.05) is 12.0 Å². The normalized spacial score (nSPS) is 13.9. The molecule has 2 aromatic carbocycles. The highest BCUT2D eigenvalue weighted by Gasteiger charge is 2.18. The molecule has 0 fully saturated rings. The van der Waals surface area contributed by atoms with Gasteiger partial charge in [0.2, 0.25) is 0 Å². The molecule has 0 saturated carbocycles. The lowest BCUT2D eigenvalue weighted by atomic mass is 10.1. The number of H-pyrrole nitrogens is 1. The van der Waals surface area contributed by atoms with Crippen LogP contribution < -0.4 is 0 Å². The van der Waals surface area contributed by atoms with Crippen LogP contribution in [0.2, 0.25) is 0 Å². The highest BCUT2D eigenvalue weighted by Crippen LogP contribution is 2.28. The Bertz CT molecular complexity index is 1060. The highest BCUT2D eigenvalue weighted by atomic mass is 32.1. The van der Waals surface area contributed by atoms with Gasteiger partial charge >= 0.3 is 0 Å². The number of fused-ring (bicyclic) bond motifs is 1. The second-order valence-electron chi connectivity index (χ2n) is 6.11. The molecule has 1 heterocycles. The standard InChI is InChI=1S/C20H21N3O3S/c1-13(25)12-16(18(26)10-5-11-24)19-21-22-20(27)23(19)17-9-4-7-14-6-2-3-8-15(14)17/h2-4,6-10,12-13,24-26H,5,11H2,1H3,(H,22,27)/b16-12+,18-10+. The van der Waals surface area contributed by atoms with Crippen LogP contribution in [0, 0.1) is 4.77 Å². The lowest BCUT2D eigenvalue weighted by molar-refractivity contribution is 0.244. The number of hydrogen-bond acceptors (Lipinski definition) is 5. The summed E-state index contributed by atoms with van der Waals surface area (Å²) in [7, 11) is 0. The summed E-state index contributed by atoms with van der Waals surface area (Å²) >= 11 is 5.44. The average Bonchev–Trinajstić information content (AvgIpc) is 3.04. The first kappa shape index (κ1) is 19.0. The number of nitrogens with one attached hydrogen (secondary N) is 1. The molecule has 0 bridgehead atoms. The molecule has 0 amide bonds. The summed E-state index contributed by atoms with van der Waals surface area (Å²) in [5.41, 5.74) is 1.15. The van der Waals surface area contributed by atoms with Gasteiger partial charge in [0.25, 0.3) is 0 Å². The third kappa shape index (κ3) is 4.00. The molecule has 1 atom stereocenters. The Hall–Kier alpha value is -2.74. The van der Waals surface area contributed by atoms with Crippen molar-refractivity contribution in [1.82, 2.24) is 14.8 Å². The highest BCUT2D eigenvalue weighted by molar-refractivity contribution is 7.71. The molecule has 140 valence electrons.